The fourth-order valence-corrected chi connectivity index (χ4v) is 3.76. The van der Waals surface area contributed by atoms with Gasteiger partial charge in [-0.25, -0.2) is 9.29 Å². The number of nitrogens with one attached hydrogen (secondary N) is 1. The van der Waals surface area contributed by atoms with Crippen molar-refractivity contribution in [1.82, 2.24) is 10.2 Å². The molecule has 2 amide bonds. The van der Waals surface area contributed by atoms with Crippen LogP contribution in [0.2, 0.25) is 0 Å². The number of nitrogens with zero attached hydrogens (tertiary/aromatic N) is 2. The Balaban J connectivity index is 1.53. The van der Waals surface area contributed by atoms with Crippen LogP contribution < -0.4 is 15.0 Å². The minimum atomic E-state index is -0.541. The molecule has 2 fully saturated rings. The molecule has 2 heterocycles. The number of halogens is 1. The maximum Gasteiger partial charge on any atom is 0.281 e. The Kier molecular flexibility index (Phi) is 5.76. The van der Waals surface area contributed by atoms with Crippen LogP contribution in [0.1, 0.15) is 18.4 Å². The van der Waals surface area contributed by atoms with Crippen molar-refractivity contribution in [2.45, 2.75) is 12.8 Å². The molecule has 0 unspecified atom stereocenters. The smallest absolute Gasteiger partial charge is 0.281 e. The average Bonchev–Trinajstić information content (AvgIpc) is 3.37. The van der Waals surface area contributed by atoms with E-state index in [1.807, 2.05) is 0 Å². The molecule has 2 aromatic rings. The number of benzene rings is 2. The number of thiocarbonyl (C=S) groups is 1. The topological polar surface area (TPSA) is 61.9 Å². The monoisotopic (exact) mass is 425 g/mol. The number of rotatable bonds is 5. The molecule has 30 heavy (non-hydrogen) atoms. The van der Waals surface area contributed by atoms with E-state index in [-0.39, 0.29) is 29.0 Å². The Hall–Kier alpha value is -3.26. The van der Waals surface area contributed by atoms with E-state index in [2.05, 4.69) is 5.32 Å². The van der Waals surface area contributed by atoms with E-state index >= 15 is 0 Å². The lowest BCUT2D eigenvalue weighted by molar-refractivity contribution is -0.132. The highest BCUT2D eigenvalue weighted by Crippen LogP contribution is 2.27. The summed E-state index contributed by atoms with van der Waals surface area (Å²) in [7, 11) is 0. The minimum Gasteiger partial charge on any atom is -0.483 e. The van der Waals surface area contributed by atoms with E-state index in [1.54, 1.807) is 47.4 Å². The number of likely N-dealkylation sites (tertiary alicyclic amines) is 1. The van der Waals surface area contributed by atoms with Crippen molar-refractivity contribution in [2.24, 2.45) is 0 Å². The molecule has 1 N–H and O–H groups in total. The molecule has 8 heteroatoms. The number of para-hydroxylation sites is 2. The first-order valence-electron chi connectivity index (χ1n) is 9.66. The first-order chi connectivity index (χ1) is 14.5. The summed E-state index contributed by atoms with van der Waals surface area (Å²) in [6.07, 6.45) is 3.62. The third-order valence-electron chi connectivity index (χ3n) is 5.00. The van der Waals surface area contributed by atoms with Crippen LogP contribution in [0.3, 0.4) is 0 Å². The molecule has 0 radical (unpaired) electrons. The fourth-order valence-electron chi connectivity index (χ4n) is 3.47. The van der Waals surface area contributed by atoms with Crippen LogP contribution in [0.15, 0.2) is 54.2 Å². The summed E-state index contributed by atoms with van der Waals surface area (Å²) in [5, 5.41) is 2.93. The van der Waals surface area contributed by atoms with Gasteiger partial charge in [0.1, 0.15) is 17.3 Å². The Labute approximate surface area is 178 Å². The summed E-state index contributed by atoms with van der Waals surface area (Å²) < 4.78 is 19.9. The molecule has 0 aromatic heterocycles. The lowest BCUT2D eigenvalue weighted by Gasteiger charge is -2.16. The number of ether oxygens (including phenoxy) is 1. The average molecular weight is 425 g/mol. The largest absolute Gasteiger partial charge is 0.483 e. The third kappa shape index (κ3) is 4.04. The first-order valence-corrected chi connectivity index (χ1v) is 10.1. The van der Waals surface area contributed by atoms with E-state index in [1.165, 1.54) is 12.1 Å². The van der Waals surface area contributed by atoms with Crippen LogP contribution >= 0.6 is 12.2 Å². The van der Waals surface area contributed by atoms with Gasteiger partial charge >= 0.3 is 0 Å². The lowest BCUT2D eigenvalue weighted by Crippen LogP contribution is -2.32. The summed E-state index contributed by atoms with van der Waals surface area (Å²) in [6.45, 7) is 1.45. The highest BCUT2D eigenvalue weighted by Gasteiger charge is 2.33. The van der Waals surface area contributed by atoms with Gasteiger partial charge in [0.25, 0.3) is 11.8 Å². The number of carbonyl (C=O) groups is 2. The molecule has 2 saturated heterocycles. The molecule has 0 spiro atoms. The van der Waals surface area contributed by atoms with E-state index in [0.717, 1.165) is 30.8 Å². The SMILES string of the molecule is O=C(COc1ccccc1C=C1NC(=S)N(c2ccccc2F)C1=O)N1CCCC1. The molecule has 4 rings (SSSR count). The Morgan fingerprint density at radius 1 is 1.13 bits per heavy atom. The van der Waals surface area contributed by atoms with Crippen molar-refractivity contribution in [2.75, 3.05) is 24.6 Å². The molecular weight excluding hydrogens is 405 g/mol. The van der Waals surface area contributed by atoms with E-state index in [0.29, 0.717) is 11.3 Å². The first kappa shape index (κ1) is 20.0. The van der Waals surface area contributed by atoms with Crippen LogP contribution in [-0.2, 0) is 9.59 Å². The number of amides is 2. The second-order valence-corrected chi connectivity index (χ2v) is 7.38. The number of anilines is 1. The lowest BCUT2D eigenvalue weighted by atomic mass is 10.1. The van der Waals surface area contributed by atoms with Gasteiger partial charge in [-0.1, -0.05) is 30.3 Å². The maximum absolute atomic E-state index is 14.2. The van der Waals surface area contributed by atoms with Crippen LogP contribution in [0.25, 0.3) is 6.08 Å². The summed E-state index contributed by atoms with van der Waals surface area (Å²) in [5.41, 5.74) is 0.898. The fraction of sp³-hybridized carbons (Fsp3) is 0.227. The Morgan fingerprint density at radius 2 is 1.83 bits per heavy atom. The van der Waals surface area contributed by atoms with Crippen molar-refractivity contribution in [3.8, 4) is 5.75 Å². The van der Waals surface area contributed by atoms with Gasteiger partial charge in [-0.2, -0.15) is 0 Å². The Bertz CT molecular complexity index is 1030. The molecule has 2 aliphatic rings. The molecule has 2 aromatic carbocycles. The van der Waals surface area contributed by atoms with Crippen molar-refractivity contribution >= 4 is 40.9 Å². The molecule has 2 aliphatic heterocycles. The van der Waals surface area contributed by atoms with Gasteiger partial charge in [0.05, 0.1) is 5.69 Å². The standard InChI is InChI=1S/C22H20FN3O3S/c23-16-8-2-3-9-18(16)26-21(28)17(24-22(26)30)13-15-7-1-4-10-19(15)29-14-20(27)25-11-5-6-12-25/h1-4,7-10,13H,5-6,11-12,14H2,(H,24,30). The van der Waals surface area contributed by atoms with Crippen molar-refractivity contribution in [3.05, 3.63) is 65.6 Å². The van der Waals surface area contributed by atoms with Gasteiger partial charge in [0.2, 0.25) is 0 Å². The summed E-state index contributed by atoms with van der Waals surface area (Å²) in [5.74, 6) is -0.590. The zero-order valence-electron chi connectivity index (χ0n) is 16.1. The second kappa shape index (κ2) is 8.62. The highest BCUT2D eigenvalue weighted by molar-refractivity contribution is 7.80. The van der Waals surface area contributed by atoms with Crippen molar-refractivity contribution < 1.29 is 18.7 Å². The minimum absolute atomic E-state index is 0.0584. The quantitative estimate of drug-likeness (QED) is 0.589. The van der Waals surface area contributed by atoms with Crippen LogP contribution in [0, 0.1) is 5.82 Å². The summed E-state index contributed by atoms with van der Waals surface area (Å²) >= 11 is 5.24. The molecule has 0 atom stereocenters. The zero-order chi connectivity index (χ0) is 21.1. The van der Waals surface area contributed by atoms with Crippen molar-refractivity contribution in [1.29, 1.82) is 0 Å². The van der Waals surface area contributed by atoms with Crippen LogP contribution in [0.5, 0.6) is 5.75 Å². The van der Waals surface area contributed by atoms with Crippen LogP contribution in [-0.4, -0.2) is 41.5 Å². The van der Waals surface area contributed by atoms with Gasteiger partial charge < -0.3 is 15.0 Å². The van der Waals surface area contributed by atoms with Crippen molar-refractivity contribution in [3.63, 3.8) is 0 Å². The second-order valence-electron chi connectivity index (χ2n) is 6.99. The summed E-state index contributed by atoms with van der Waals surface area (Å²) in [4.78, 5) is 28.0. The van der Waals surface area contributed by atoms with Gasteiger partial charge in [-0.3, -0.25) is 9.59 Å². The third-order valence-corrected chi connectivity index (χ3v) is 5.28. The highest BCUT2D eigenvalue weighted by atomic mass is 32.1. The maximum atomic E-state index is 14.2. The van der Waals surface area contributed by atoms with E-state index in [9.17, 15) is 14.0 Å². The zero-order valence-corrected chi connectivity index (χ0v) is 17.0. The Morgan fingerprint density at radius 3 is 2.60 bits per heavy atom. The molecule has 0 saturated carbocycles. The van der Waals surface area contributed by atoms with E-state index in [4.69, 9.17) is 17.0 Å². The number of hydrogen-bond acceptors (Lipinski definition) is 4. The van der Waals surface area contributed by atoms with Gasteiger partial charge in [0, 0.05) is 18.7 Å². The van der Waals surface area contributed by atoms with Crippen LogP contribution in [0.4, 0.5) is 10.1 Å². The van der Waals surface area contributed by atoms with Gasteiger partial charge in [0.15, 0.2) is 11.7 Å². The predicted octanol–water partition coefficient (Wildman–Crippen LogP) is 3.09. The van der Waals surface area contributed by atoms with E-state index < -0.39 is 11.7 Å². The predicted molar refractivity (Wildman–Crippen MR) is 115 cm³/mol. The molecular formula is C22H20FN3O3S. The number of hydrogen-bond donors (Lipinski definition) is 1. The summed E-state index contributed by atoms with van der Waals surface area (Å²) in [6, 6.07) is 13.0. The molecule has 0 bridgehead atoms. The normalized spacial score (nSPS) is 17.6. The number of carbonyl (C=O) groups excluding carboxylic acids is 2. The molecule has 154 valence electrons. The van der Waals surface area contributed by atoms with Gasteiger partial charge in [-0.05, 0) is 49.3 Å². The molecule has 0 aliphatic carbocycles. The van der Waals surface area contributed by atoms with Gasteiger partial charge in [-0.15, -0.1) is 0 Å². The molecule has 6 nitrogen and oxygen atoms in total.